The summed E-state index contributed by atoms with van der Waals surface area (Å²) in [5, 5.41) is 9.76. The summed E-state index contributed by atoms with van der Waals surface area (Å²) in [6, 6.07) is 1.96. The zero-order valence-electron chi connectivity index (χ0n) is 8.70. The molecular weight excluding hydrogens is 176 g/mol. The minimum atomic E-state index is -0.205. The van der Waals surface area contributed by atoms with Gasteiger partial charge in [0.05, 0.1) is 6.10 Å². The van der Waals surface area contributed by atoms with E-state index in [1.807, 2.05) is 19.9 Å². The summed E-state index contributed by atoms with van der Waals surface area (Å²) in [6.07, 6.45) is 2.81. The highest BCUT2D eigenvalue weighted by Crippen LogP contribution is 2.33. The Labute approximate surface area is 84.2 Å². The van der Waals surface area contributed by atoms with Crippen LogP contribution in [0, 0.1) is 19.8 Å². The molecule has 3 nitrogen and oxygen atoms in total. The average Bonchev–Trinajstić information content (AvgIpc) is 2.82. The van der Waals surface area contributed by atoms with E-state index in [9.17, 15) is 5.11 Å². The zero-order chi connectivity index (χ0) is 10.1. The SMILES string of the molecule is Cc1cc(CC(O)C2CC2)nc(C)n1. The van der Waals surface area contributed by atoms with Gasteiger partial charge < -0.3 is 5.11 Å². The van der Waals surface area contributed by atoms with Crippen molar-refractivity contribution in [2.75, 3.05) is 0 Å². The molecule has 1 aliphatic carbocycles. The molecule has 14 heavy (non-hydrogen) atoms. The van der Waals surface area contributed by atoms with Gasteiger partial charge in [-0.2, -0.15) is 0 Å². The van der Waals surface area contributed by atoms with Crippen molar-refractivity contribution >= 4 is 0 Å². The van der Waals surface area contributed by atoms with E-state index in [4.69, 9.17) is 0 Å². The lowest BCUT2D eigenvalue weighted by atomic mass is 10.1. The lowest BCUT2D eigenvalue weighted by molar-refractivity contribution is 0.150. The molecule has 1 heterocycles. The van der Waals surface area contributed by atoms with Crippen molar-refractivity contribution in [3.63, 3.8) is 0 Å². The summed E-state index contributed by atoms with van der Waals surface area (Å²) in [4.78, 5) is 8.52. The Morgan fingerprint density at radius 2 is 2.14 bits per heavy atom. The van der Waals surface area contributed by atoms with E-state index >= 15 is 0 Å². The van der Waals surface area contributed by atoms with Crippen molar-refractivity contribution in [2.24, 2.45) is 5.92 Å². The maximum atomic E-state index is 9.76. The van der Waals surface area contributed by atoms with Gasteiger partial charge in [0.2, 0.25) is 0 Å². The van der Waals surface area contributed by atoms with Crippen molar-refractivity contribution in [3.05, 3.63) is 23.3 Å². The molecule has 1 aromatic rings. The van der Waals surface area contributed by atoms with Crippen LogP contribution in [0.2, 0.25) is 0 Å². The molecule has 1 aliphatic rings. The Bertz CT molecular complexity index is 314. The number of nitrogens with zero attached hydrogens (tertiary/aromatic N) is 2. The fraction of sp³-hybridized carbons (Fsp3) is 0.636. The molecule has 1 saturated carbocycles. The third-order valence-electron chi connectivity index (χ3n) is 2.60. The molecule has 76 valence electrons. The second kappa shape index (κ2) is 3.65. The Morgan fingerprint density at radius 3 is 2.71 bits per heavy atom. The standard InChI is InChI=1S/C11H16N2O/c1-7-5-10(13-8(2)12-7)6-11(14)9-3-4-9/h5,9,11,14H,3-4,6H2,1-2H3. The average molecular weight is 192 g/mol. The van der Waals surface area contributed by atoms with E-state index in [-0.39, 0.29) is 6.10 Å². The van der Waals surface area contributed by atoms with Crippen LogP contribution in [0.1, 0.15) is 30.1 Å². The molecule has 0 amide bonds. The first-order valence-corrected chi connectivity index (χ1v) is 5.14. The quantitative estimate of drug-likeness (QED) is 0.787. The number of hydrogen-bond acceptors (Lipinski definition) is 3. The molecular formula is C11H16N2O. The van der Waals surface area contributed by atoms with Gasteiger partial charge in [-0.1, -0.05) is 0 Å². The number of aliphatic hydroxyl groups excluding tert-OH is 1. The van der Waals surface area contributed by atoms with Gasteiger partial charge in [-0.15, -0.1) is 0 Å². The minimum Gasteiger partial charge on any atom is -0.392 e. The third kappa shape index (κ3) is 2.29. The number of aromatic nitrogens is 2. The Balaban J connectivity index is 2.07. The molecule has 1 fully saturated rings. The van der Waals surface area contributed by atoms with Gasteiger partial charge in [-0.3, -0.25) is 0 Å². The van der Waals surface area contributed by atoms with E-state index in [1.165, 1.54) is 12.8 Å². The minimum absolute atomic E-state index is 0.205. The maximum absolute atomic E-state index is 9.76. The maximum Gasteiger partial charge on any atom is 0.125 e. The summed E-state index contributed by atoms with van der Waals surface area (Å²) in [5.41, 5.74) is 1.95. The molecule has 0 radical (unpaired) electrons. The normalized spacial score (nSPS) is 18.2. The van der Waals surface area contributed by atoms with Crippen molar-refractivity contribution in [2.45, 2.75) is 39.2 Å². The van der Waals surface area contributed by atoms with Crippen LogP contribution in [0.5, 0.6) is 0 Å². The fourth-order valence-electron chi connectivity index (χ4n) is 1.76. The topological polar surface area (TPSA) is 46.0 Å². The summed E-state index contributed by atoms with van der Waals surface area (Å²) in [6.45, 7) is 3.85. The first kappa shape index (κ1) is 9.59. The van der Waals surface area contributed by atoms with Gasteiger partial charge in [-0.05, 0) is 38.7 Å². The molecule has 0 aliphatic heterocycles. The number of hydrogen-bond donors (Lipinski definition) is 1. The number of rotatable bonds is 3. The Hall–Kier alpha value is -0.960. The van der Waals surface area contributed by atoms with Crippen LogP contribution in [-0.2, 0) is 6.42 Å². The summed E-state index contributed by atoms with van der Waals surface area (Å²) in [5.74, 6) is 1.31. The Kier molecular flexibility index (Phi) is 2.50. The van der Waals surface area contributed by atoms with Crippen molar-refractivity contribution < 1.29 is 5.11 Å². The monoisotopic (exact) mass is 192 g/mol. The van der Waals surface area contributed by atoms with Crippen LogP contribution in [0.3, 0.4) is 0 Å². The van der Waals surface area contributed by atoms with E-state index in [0.29, 0.717) is 12.3 Å². The van der Waals surface area contributed by atoms with Crippen molar-refractivity contribution in [1.82, 2.24) is 9.97 Å². The summed E-state index contributed by atoms with van der Waals surface area (Å²) < 4.78 is 0. The molecule has 0 bridgehead atoms. The molecule has 3 heteroatoms. The highest BCUT2D eigenvalue weighted by molar-refractivity contribution is 5.11. The lowest BCUT2D eigenvalue weighted by Crippen LogP contribution is -2.14. The van der Waals surface area contributed by atoms with Crippen LogP contribution in [0.15, 0.2) is 6.07 Å². The first-order valence-electron chi connectivity index (χ1n) is 5.14. The highest BCUT2D eigenvalue weighted by atomic mass is 16.3. The summed E-state index contributed by atoms with van der Waals surface area (Å²) in [7, 11) is 0. The van der Waals surface area contributed by atoms with Crippen LogP contribution < -0.4 is 0 Å². The fourth-order valence-corrected chi connectivity index (χ4v) is 1.76. The van der Waals surface area contributed by atoms with Gasteiger partial charge in [0.25, 0.3) is 0 Å². The van der Waals surface area contributed by atoms with Crippen LogP contribution >= 0.6 is 0 Å². The molecule has 1 aromatic heterocycles. The molecule has 0 saturated heterocycles. The predicted molar refractivity (Wildman–Crippen MR) is 53.9 cm³/mol. The lowest BCUT2D eigenvalue weighted by Gasteiger charge is -2.09. The smallest absolute Gasteiger partial charge is 0.125 e. The van der Waals surface area contributed by atoms with Crippen molar-refractivity contribution in [1.29, 1.82) is 0 Å². The Morgan fingerprint density at radius 1 is 1.43 bits per heavy atom. The largest absolute Gasteiger partial charge is 0.392 e. The number of aliphatic hydroxyl groups is 1. The second-order valence-corrected chi connectivity index (χ2v) is 4.16. The van der Waals surface area contributed by atoms with E-state index < -0.39 is 0 Å². The van der Waals surface area contributed by atoms with Gasteiger partial charge >= 0.3 is 0 Å². The van der Waals surface area contributed by atoms with Crippen LogP contribution in [0.4, 0.5) is 0 Å². The predicted octanol–water partition coefficient (Wildman–Crippen LogP) is 1.41. The second-order valence-electron chi connectivity index (χ2n) is 4.16. The molecule has 1 unspecified atom stereocenters. The van der Waals surface area contributed by atoms with E-state index in [2.05, 4.69) is 9.97 Å². The summed E-state index contributed by atoms with van der Waals surface area (Å²) >= 11 is 0. The zero-order valence-corrected chi connectivity index (χ0v) is 8.70. The molecule has 0 spiro atoms. The van der Waals surface area contributed by atoms with Gasteiger partial charge in [0.1, 0.15) is 5.82 Å². The van der Waals surface area contributed by atoms with Gasteiger partial charge in [-0.25, -0.2) is 9.97 Å². The first-order chi connectivity index (χ1) is 6.65. The van der Waals surface area contributed by atoms with Gasteiger partial charge in [0, 0.05) is 17.8 Å². The van der Waals surface area contributed by atoms with Crippen LogP contribution in [0.25, 0.3) is 0 Å². The van der Waals surface area contributed by atoms with Crippen molar-refractivity contribution in [3.8, 4) is 0 Å². The number of aryl methyl sites for hydroxylation is 2. The van der Waals surface area contributed by atoms with E-state index in [1.54, 1.807) is 0 Å². The molecule has 0 aromatic carbocycles. The third-order valence-corrected chi connectivity index (χ3v) is 2.60. The highest BCUT2D eigenvalue weighted by Gasteiger charge is 2.29. The van der Waals surface area contributed by atoms with E-state index in [0.717, 1.165) is 17.2 Å². The molecule has 1 atom stereocenters. The molecule has 2 rings (SSSR count). The molecule has 1 N–H and O–H groups in total. The van der Waals surface area contributed by atoms with Gasteiger partial charge in [0.15, 0.2) is 0 Å². The van der Waals surface area contributed by atoms with Crippen LogP contribution in [-0.4, -0.2) is 21.2 Å².